The maximum absolute atomic E-state index is 12.3. The molecule has 0 unspecified atom stereocenters. The number of hydrogen-bond donors (Lipinski definition) is 2. The minimum Gasteiger partial charge on any atom is -0.480 e. The van der Waals surface area contributed by atoms with Gasteiger partial charge in [0.25, 0.3) is 5.91 Å². The quantitative estimate of drug-likeness (QED) is 0.847. The summed E-state index contributed by atoms with van der Waals surface area (Å²) >= 11 is 6.01. The van der Waals surface area contributed by atoms with Crippen molar-refractivity contribution in [3.63, 3.8) is 0 Å². The molecule has 0 fully saturated rings. The zero-order chi connectivity index (χ0) is 17.1. The molecule has 0 spiro atoms. The molecule has 126 valence electrons. The molecule has 1 aromatic carbocycles. The highest BCUT2D eigenvalue weighted by Crippen LogP contribution is 2.28. The second-order valence-electron chi connectivity index (χ2n) is 5.02. The van der Waals surface area contributed by atoms with Crippen molar-refractivity contribution in [3.05, 3.63) is 40.2 Å². The van der Waals surface area contributed by atoms with Gasteiger partial charge in [0.05, 0.1) is 23.8 Å². The van der Waals surface area contributed by atoms with E-state index in [-0.39, 0.29) is 23.1 Å². The van der Waals surface area contributed by atoms with Crippen molar-refractivity contribution in [1.29, 1.82) is 0 Å². The molecule has 0 atom stereocenters. The molecule has 9 heteroatoms. The number of ether oxygens (including phenoxy) is 2. The van der Waals surface area contributed by atoms with Crippen LogP contribution in [0.2, 0.25) is 5.02 Å². The summed E-state index contributed by atoms with van der Waals surface area (Å²) in [6.45, 7) is 0.317. The number of halogens is 1. The predicted molar refractivity (Wildman–Crippen MR) is 82.4 cm³/mol. The van der Waals surface area contributed by atoms with Crippen LogP contribution in [0.3, 0.4) is 0 Å². The molecular weight excluding hydrogens is 340 g/mol. The lowest BCUT2D eigenvalue weighted by atomic mass is 10.1. The van der Waals surface area contributed by atoms with Crippen LogP contribution in [0.25, 0.3) is 0 Å². The fourth-order valence-electron chi connectivity index (χ4n) is 2.23. The molecule has 0 aliphatic carbocycles. The first kappa shape index (κ1) is 16.3. The van der Waals surface area contributed by atoms with E-state index in [2.05, 4.69) is 10.5 Å². The molecule has 0 saturated carbocycles. The van der Waals surface area contributed by atoms with Crippen LogP contribution in [0.15, 0.2) is 22.7 Å². The number of nitrogens with zero attached hydrogens (tertiary/aromatic N) is 1. The molecule has 2 aromatic rings. The molecule has 8 nitrogen and oxygen atoms in total. The molecule has 1 aliphatic rings. The number of anilines is 1. The van der Waals surface area contributed by atoms with Crippen LogP contribution in [-0.4, -0.2) is 35.4 Å². The highest BCUT2D eigenvalue weighted by molar-refractivity contribution is 6.32. The maximum Gasteiger partial charge on any atom is 0.341 e. The zero-order valence-electron chi connectivity index (χ0n) is 12.4. The van der Waals surface area contributed by atoms with E-state index in [1.165, 1.54) is 12.1 Å². The Morgan fingerprint density at radius 3 is 3.00 bits per heavy atom. The standard InChI is InChI=1S/C15H13ClN2O6/c16-10-5-8(1-2-12(10)23-7-13(19)20)17-15(21)14-9-6-22-4-3-11(9)24-18-14/h1-2,5H,3-4,6-7H2,(H,17,21)(H,19,20). The Morgan fingerprint density at radius 2 is 2.25 bits per heavy atom. The Morgan fingerprint density at radius 1 is 1.42 bits per heavy atom. The number of fused-ring (bicyclic) bond motifs is 1. The van der Waals surface area contributed by atoms with E-state index in [0.717, 1.165) is 0 Å². The number of nitrogens with one attached hydrogen (secondary N) is 1. The van der Waals surface area contributed by atoms with Crippen LogP contribution in [0.1, 0.15) is 21.8 Å². The summed E-state index contributed by atoms with van der Waals surface area (Å²) < 4.78 is 15.5. The number of aromatic nitrogens is 1. The van der Waals surface area contributed by atoms with Gasteiger partial charge < -0.3 is 24.4 Å². The number of carboxylic acids is 1. The van der Waals surface area contributed by atoms with E-state index in [0.29, 0.717) is 30.0 Å². The summed E-state index contributed by atoms with van der Waals surface area (Å²) in [5, 5.41) is 15.2. The van der Waals surface area contributed by atoms with Gasteiger partial charge in [0.1, 0.15) is 11.5 Å². The van der Waals surface area contributed by atoms with Crippen molar-refractivity contribution < 1.29 is 28.7 Å². The van der Waals surface area contributed by atoms with Crippen LogP contribution in [-0.2, 0) is 22.6 Å². The summed E-state index contributed by atoms with van der Waals surface area (Å²) in [4.78, 5) is 22.8. The number of carboxylic acid groups (broad SMARTS) is 1. The minimum atomic E-state index is -1.11. The predicted octanol–water partition coefficient (Wildman–Crippen LogP) is 2.12. The van der Waals surface area contributed by atoms with Gasteiger partial charge >= 0.3 is 5.97 Å². The molecule has 2 heterocycles. The topological polar surface area (TPSA) is 111 Å². The summed E-state index contributed by atoms with van der Waals surface area (Å²) in [6, 6.07) is 4.48. The monoisotopic (exact) mass is 352 g/mol. The van der Waals surface area contributed by atoms with Gasteiger partial charge in [-0.3, -0.25) is 4.79 Å². The number of carbonyl (C=O) groups excluding carboxylic acids is 1. The number of rotatable bonds is 5. The fraction of sp³-hybridized carbons (Fsp3) is 0.267. The van der Waals surface area contributed by atoms with E-state index in [4.69, 9.17) is 30.7 Å². The molecule has 1 amide bonds. The minimum absolute atomic E-state index is 0.173. The Kier molecular flexibility index (Phi) is 4.68. The average Bonchev–Trinajstić information content (AvgIpc) is 2.98. The SMILES string of the molecule is O=C(O)COc1ccc(NC(=O)c2noc3c2COCC3)cc1Cl. The number of hydrogen-bond acceptors (Lipinski definition) is 6. The molecule has 3 rings (SSSR count). The van der Waals surface area contributed by atoms with Gasteiger partial charge in [0, 0.05) is 12.1 Å². The number of benzene rings is 1. The van der Waals surface area contributed by atoms with Crippen LogP contribution in [0, 0.1) is 0 Å². The van der Waals surface area contributed by atoms with Crippen LogP contribution in [0.5, 0.6) is 5.75 Å². The largest absolute Gasteiger partial charge is 0.480 e. The maximum atomic E-state index is 12.3. The van der Waals surface area contributed by atoms with E-state index in [1.54, 1.807) is 6.07 Å². The molecule has 1 aromatic heterocycles. The third-order valence-electron chi connectivity index (χ3n) is 3.35. The smallest absolute Gasteiger partial charge is 0.341 e. The summed E-state index contributed by atoms with van der Waals surface area (Å²) in [6.07, 6.45) is 0.580. The van der Waals surface area contributed by atoms with Gasteiger partial charge in [-0.25, -0.2) is 4.79 Å². The Balaban J connectivity index is 1.71. The normalized spacial score (nSPS) is 13.2. The van der Waals surface area contributed by atoms with E-state index in [9.17, 15) is 9.59 Å². The fourth-order valence-corrected chi connectivity index (χ4v) is 2.47. The van der Waals surface area contributed by atoms with Crippen molar-refractivity contribution in [2.24, 2.45) is 0 Å². The molecule has 1 aliphatic heterocycles. The highest BCUT2D eigenvalue weighted by Gasteiger charge is 2.24. The van der Waals surface area contributed by atoms with Gasteiger partial charge in [0.15, 0.2) is 12.3 Å². The van der Waals surface area contributed by atoms with E-state index in [1.807, 2.05) is 0 Å². The number of aliphatic carboxylic acids is 1. The lowest BCUT2D eigenvalue weighted by molar-refractivity contribution is -0.139. The van der Waals surface area contributed by atoms with E-state index < -0.39 is 18.5 Å². The van der Waals surface area contributed by atoms with Gasteiger partial charge in [-0.1, -0.05) is 16.8 Å². The second kappa shape index (κ2) is 6.90. The van der Waals surface area contributed by atoms with Gasteiger partial charge in [-0.2, -0.15) is 0 Å². The highest BCUT2D eigenvalue weighted by atomic mass is 35.5. The van der Waals surface area contributed by atoms with Crippen molar-refractivity contribution in [3.8, 4) is 5.75 Å². The zero-order valence-corrected chi connectivity index (χ0v) is 13.1. The van der Waals surface area contributed by atoms with Crippen LogP contribution >= 0.6 is 11.6 Å². The first-order valence-corrected chi connectivity index (χ1v) is 7.43. The lowest BCUT2D eigenvalue weighted by Crippen LogP contribution is -2.17. The van der Waals surface area contributed by atoms with Gasteiger partial charge in [-0.05, 0) is 18.2 Å². The molecule has 0 bridgehead atoms. The summed E-state index contributed by atoms with van der Waals surface area (Å²) in [7, 11) is 0. The molecular formula is C15H13ClN2O6. The second-order valence-corrected chi connectivity index (χ2v) is 5.42. The molecule has 0 saturated heterocycles. The summed E-state index contributed by atoms with van der Waals surface area (Å²) in [5.74, 6) is -0.687. The van der Waals surface area contributed by atoms with Crippen LogP contribution in [0.4, 0.5) is 5.69 Å². The molecule has 24 heavy (non-hydrogen) atoms. The number of carbonyl (C=O) groups is 2. The van der Waals surface area contributed by atoms with Crippen molar-refractivity contribution in [2.75, 3.05) is 18.5 Å². The van der Waals surface area contributed by atoms with Gasteiger partial charge in [-0.15, -0.1) is 0 Å². The van der Waals surface area contributed by atoms with Gasteiger partial charge in [0.2, 0.25) is 0 Å². The lowest BCUT2D eigenvalue weighted by Gasteiger charge is -2.11. The van der Waals surface area contributed by atoms with Crippen molar-refractivity contribution in [2.45, 2.75) is 13.0 Å². The number of amides is 1. The van der Waals surface area contributed by atoms with Crippen molar-refractivity contribution >= 4 is 29.2 Å². The van der Waals surface area contributed by atoms with E-state index >= 15 is 0 Å². The average molecular weight is 353 g/mol. The Hall–Kier alpha value is -2.58. The third-order valence-corrected chi connectivity index (χ3v) is 3.64. The van der Waals surface area contributed by atoms with Crippen LogP contribution < -0.4 is 10.1 Å². The molecule has 2 N–H and O–H groups in total. The first-order chi connectivity index (χ1) is 11.5. The Labute approximate surface area is 141 Å². The third kappa shape index (κ3) is 3.50. The Bertz CT molecular complexity index is 788. The first-order valence-electron chi connectivity index (χ1n) is 7.05. The van der Waals surface area contributed by atoms with Crippen molar-refractivity contribution in [1.82, 2.24) is 5.16 Å². The molecule has 0 radical (unpaired) electrons. The summed E-state index contributed by atoms with van der Waals surface area (Å²) in [5.41, 5.74) is 1.24.